The molecule has 0 fully saturated rings. The smallest absolute Gasteiger partial charge is 0.257 e. The predicted molar refractivity (Wildman–Crippen MR) is 139 cm³/mol. The molecule has 164 valence electrons. The highest BCUT2D eigenvalue weighted by Gasteiger charge is 2.29. The van der Waals surface area contributed by atoms with Crippen molar-refractivity contribution in [3.8, 4) is 0 Å². The number of nitrogens with zero attached hydrogens (tertiary/aromatic N) is 1. The number of anilines is 2. The summed E-state index contributed by atoms with van der Waals surface area (Å²) < 4.78 is 1.60. The molecule has 1 aliphatic rings. The normalized spacial score (nSPS) is 12.8. The molecule has 6 nitrogen and oxygen atoms in total. The largest absolute Gasteiger partial charge is 0.365 e. The number of carbonyl (C=O) groups excluding carboxylic acids is 2. The molecular weight excluding hydrogens is 576 g/mol. The second-order valence-corrected chi connectivity index (χ2v) is 10.3. The fourth-order valence-corrected chi connectivity index (χ4v) is 5.88. The number of hydrogen-bond donors (Lipinski definition) is 3. The maximum Gasteiger partial charge on any atom is 0.257 e. The number of nitrogens with one attached hydrogen (secondary N) is 2. The Morgan fingerprint density at radius 2 is 1.72 bits per heavy atom. The van der Waals surface area contributed by atoms with Gasteiger partial charge in [-0.05, 0) is 80.3 Å². The highest BCUT2D eigenvalue weighted by molar-refractivity contribution is 9.11. The third-order valence-electron chi connectivity index (χ3n) is 5.05. The van der Waals surface area contributed by atoms with Gasteiger partial charge in [-0.1, -0.05) is 24.3 Å². The van der Waals surface area contributed by atoms with E-state index in [9.17, 15) is 9.59 Å². The Morgan fingerprint density at radius 1 is 1.03 bits per heavy atom. The number of amides is 2. The zero-order valence-corrected chi connectivity index (χ0v) is 21.5. The highest BCUT2D eigenvalue weighted by Crippen LogP contribution is 2.37. The maximum absolute atomic E-state index is 12.8. The molecule has 0 radical (unpaired) electrons. The molecule has 0 saturated carbocycles. The lowest BCUT2D eigenvalue weighted by atomic mass is 10.0. The quantitative estimate of drug-likeness (QED) is 0.354. The van der Waals surface area contributed by atoms with Crippen LogP contribution in [-0.4, -0.2) is 28.4 Å². The lowest BCUT2D eigenvalue weighted by molar-refractivity contribution is 0.1000. The van der Waals surface area contributed by atoms with Gasteiger partial charge in [-0.3, -0.25) is 9.59 Å². The minimum atomic E-state index is -0.549. The van der Waals surface area contributed by atoms with Gasteiger partial charge in [0.2, 0.25) is 0 Å². The number of thiocarbonyl (C=S) groups is 1. The zero-order valence-electron chi connectivity index (χ0n) is 16.7. The number of hydrogen-bond acceptors (Lipinski definition) is 4. The number of nitrogens with two attached hydrogens (primary N) is 1. The van der Waals surface area contributed by atoms with Gasteiger partial charge >= 0.3 is 0 Å². The molecule has 4 rings (SSSR count). The van der Waals surface area contributed by atoms with Gasteiger partial charge in [-0.2, -0.15) is 0 Å². The van der Waals surface area contributed by atoms with Crippen molar-refractivity contribution in [2.45, 2.75) is 13.0 Å². The summed E-state index contributed by atoms with van der Waals surface area (Å²) in [6.45, 7) is 1.17. The second-order valence-electron chi connectivity index (χ2n) is 7.09. The van der Waals surface area contributed by atoms with Crippen molar-refractivity contribution in [1.29, 1.82) is 0 Å². The number of fused-ring (bicyclic) bond motifs is 1. The predicted octanol–water partition coefficient (Wildman–Crippen LogP) is 5.38. The Labute approximate surface area is 211 Å². The molecule has 0 atom stereocenters. The first-order valence-corrected chi connectivity index (χ1v) is 12.5. The molecular formula is C22H18Br2N4O2S2. The van der Waals surface area contributed by atoms with Crippen LogP contribution in [0.15, 0.2) is 57.5 Å². The first-order valence-electron chi connectivity index (χ1n) is 9.66. The average molecular weight is 594 g/mol. The van der Waals surface area contributed by atoms with Crippen LogP contribution in [0.25, 0.3) is 0 Å². The number of carbonyl (C=O) groups is 2. The molecule has 1 aliphatic heterocycles. The van der Waals surface area contributed by atoms with Gasteiger partial charge in [-0.15, -0.1) is 11.3 Å². The Morgan fingerprint density at radius 3 is 2.41 bits per heavy atom. The van der Waals surface area contributed by atoms with Crippen LogP contribution in [0.2, 0.25) is 0 Å². The van der Waals surface area contributed by atoms with E-state index in [4.69, 9.17) is 18.0 Å². The molecule has 10 heteroatoms. The van der Waals surface area contributed by atoms with Crippen molar-refractivity contribution in [1.82, 2.24) is 4.90 Å². The first-order chi connectivity index (χ1) is 15.3. The van der Waals surface area contributed by atoms with Crippen LogP contribution >= 0.6 is 55.4 Å². The molecule has 0 saturated heterocycles. The Balaban J connectivity index is 1.56. The van der Waals surface area contributed by atoms with E-state index < -0.39 is 5.91 Å². The summed E-state index contributed by atoms with van der Waals surface area (Å²) in [5.41, 5.74) is 8.32. The SMILES string of the molecule is NC(=O)c1c(NC(=O)c2ccccc2Br)sc2c1CCN(C(=S)Nc1ccccc1Br)C2. The Bertz CT molecular complexity index is 1230. The standard InChI is InChI=1S/C22H18Br2N4O2S2/c23-14-6-2-1-5-12(14)20(30)27-21-18(19(25)29)13-9-10-28(11-17(13)32-21)22(31)26-16-8-4-3-7-15(16)24/h1-8H,9-11H2,(H2,25,29)(H,26,31)(H,27,30). The van der Waals surface area contributed by atoms with Crippen LogP contribution in [0.4, 0.5) is 10.7 Å². The molecule has 2 heterocycles. The summed E-state index contributed by atoms with van der Waals surface area (Å²) in [4.78, 5) is 28.0. The van der Waals surface area contributed by atoms with Gasteiger partial charge in [0.1, 0.15) is 5.00 Å². The van der Waals surface area contributed by atoms with Crippen LogP contribution in [0.3, 0.4) is 0 Å². The zero-order chi connectivity index (χ0) is 22.8. The van der Waals surface area contributed by atoms with E-state index in [0.717, 1.165) is 20.6 Å². The molecule has 0 spiro atoms. The lowest BCUT2D eigenvalue weighted by Crippen LogP contribution is -2.38. The molecule has 0 aliphatic carbocycles. The fourth-order valence-electron chi connectivity index (χ4n) is 3.50. The van der Waals surface area contributed by atoms with Crippen molar-refractivity contribution in [3.05, 3.63) is 79.0 Å². The van der Waals surface area contributed by atoms with Gasteiger partial charge in [-0.25, -0.2) is 0 Å². The number of para-hydroxylation sites is 1. The highest BCUT2D eigenvalue weighted by atomic mass is 79.9. The van der Waals surface area contributed by atoms with E-state index in [1.165, 1.54) is 11.3 Å². The molecule has 0 bridgehead atoms. The molecule has 2 aromatic carbocycles. The van der Waals surface area contributed by atoms with E-state index >= 15 is 0 Å². The fraction of sp³-hybridized carbons (Fsp3) is 0.136. The van der Waals surface area contributed by atoms with Crippen LogP contribution in [-0.2, 0) is 13.0 Å². The molecule has 4 N–H and O–H groups in total. The molecule has 3 aromatic rings. The first kappa shape index (κ1) is 22.9. The number of halogens is 2. The van der Waals surface area contributed by atoms with Gasteiger partial charge in [0.15, 0.2) is 5.11 Å². The van der Waals surface area contributed by atoms with E-state index in [2.05, 4.69) is 42.5 Å². The molecule has 32 heavy (non-hydrogen) atoms. The third kappa shape index (κ3) is 4.73. The van der Waals surface area contributed by atoms with E-state index in [1.54, 1.807) is 18.2 Å². The average Bonchev–Trinajstić information content (AvgIpc) is 3.12. The number of primary amides is 1. The van der Waals surface area contributed by atoms with Crippen molar-refractivity contribution < 1.29 is 9.59 Å². The minimum Gasteiger partial charge on any atom is -0.365 e. The monoisotopic (exact) mass is 592 g/mol. The summed E-state index contributed by atoms with van der Waals surface area (Å²) in [6, 6.07) is 14.9. The third-order valence-corrected chi connectivity index (χ3v) is 7.93. The molecule has 0 unspecified atom stereocenters. The number of thiophene rings is 1. The lowest BCUT2D eigenvalue weighted by Gasteiger charge is -2.30. The van der Waals surface area contributed by atoms with E-state index in [0.29, 0.717) is 45.2 Å². The molecule has 2 amide bonds. The topological polar surface area (TPSA) is 87.5 Å². The minimum absolute atomic E-state index is 0.304. The van der Waals surface area contributed by atoms with Crippen LogP contribution in [0.5, 0.6) is 0 Å². The van der Waals surface area contributed by atoms with Crippen molar-refractivity contribution in [3.63, 3.8) is 0 Å². The summed E-state index contributed by atoms with van der Waals surface area (Å²) in [7, 11) is 0. The van der Waals surface area contributed by atoms with E-state index in [1.807, 2.05) is 35.2 Å². The Hall–Kier alpha value is -2.27. The maximum atomic E-state index is 12.8. The summed E-state index contributed by atoms with van der Waals surface area (Å²) in [6.07, 6.45) is 0.604. The van der Waals surface area contributed by atoms with Crippen molar-refractivity contribution >= 4 is 83.0 Å². The Kier molecular flexibility index (Phi) is 6.94. The number of rotatable bonds is 4. The van der Waals surface area contributed by atoms with Gasteiger partial charge < -0.3 is 21.3 Å². The second kappa shape index (κ2) is 9.70. The summed E-state index contributed by atoms with van der Waals surface area (Å²) in [5.74, 6) is -0.853. The van der Waals surface area contributed by atoms with E-state index in [-0.39, 0.29) is 5.91 Å². The molecule has 1 aromatic heterocycles. The van der Waals surface area contributed by atoms with Crippen LogP contribution in [0.1, 0.15) is 31.2 Å². The number of benzene rings is 2. The van der Waals surface area contributed by atoms with Crippen LogP contribution < -0.4 is 16.4 Å². The van der Waals surface area contributed by atoms with Crippen LogP contribution in [0, 0.1) is 0 Å². The van der Waals surface area contributed by atoms with Gasteiger partial charge in [0, 0.05) is 20.4 Å². The summed E-state index contributed by atoms with van der Waals surface area (Å²) >= 11 is 13.9. The summed E-state index contributed by atoms with van der Waals surface area (Å²) in [5, 5.41) is 7.20. The van der Waals surface area contributed by atoms with Gasteiger partial charge in [0.25, 0.3) is 11.8 Å². The van der Waals surface area contributed by atoms with Crippen molar-refractivity contribution in [2.75, 3.05) is 17.2 Å². The van der Waals surface area contributed by atoms with Crippen molar-refractivity contribution in [2.24, 2.45) is 5.73 Å². The van der Waals surface area contributed by atoms with Gasteiger partial charge in [0.05, 0.1) is 23.4 Å².